The second-order valence-electron chi connectivity index (χ2n) is 11.3. The van der Waals surface area contributed by atoms with Gasteiger partial charge in [-0.15, -0.1) is 5.10 Å². The van der Waals surface area contributed by atoms with Crippen molar-refractivity contribution in [3.63, 3.8) is 0 Å². The van der Waals surface area contributed by atoms with Gasteiger partial charge in [-0.05, 0) is 57.2 Å². The molecule has 0 saturated heterocycles. The topological polar surface area (TPSA) is 97.6 Å². The molecule has 0 atom stereocenters. The molecule has 1 aliphatic carbocycles. The normalized spacial score (nSPS) is 17.4. The Hall–Kier alpha value is -3.24. The third-order valence-electron chi connectivity index (χ3n) is 6.92. The summed E-state index contributed by atoms with van der Waals surface area (Å²) < 4.78 is 24.5. The van der Waals surface area contributed by atoms with Gasteiger partial charge in [0.15, 0.2) is 5.82 Å². The standard InChI is InChI=1S/C30H42N4O5Si/c1-6-37-29(35)24-12-15-26(16-13-24)39-27-17-14-25(20-31-27)22-8-10-23(11-9-22)28-32-30(38-7-2)34(33-28)21-36-18-19-40(3,4)5/h8-11,14,17,20,24,26H,6-7,12-13,15-16,18-19,21H2,1-5H3. The van der Waals surface area contributed by atoms with Crippen LogP contribution in [-0.2, 0) is 21.0 Å². The van der Waals surface area contributed by atoms with Crippen LogP contribution in [-0.4, -0.2) is 59.7 Å². The molecule has 3 aromatic rings. The zero-order chi connectivity index (χ0) is 28.5. The number of nitrogens with zero attached hydrogens (tertiary/aromatic N) is 4. The second kappa shape index (κ2) is 13.9. The summed E-state index contributed by atoms with van der Waals surface area (Å²) in [5.74, 6) is 1.10. The van der Waals surface area contributed by atoms with Crippen LogP contribution < -0.4 is 9.47 Å². The Morgan fingerprint density at radius 1 is 0.950 bits per heavy atom. The number of rotatable bonds is 13. The lowest BCUT2D eigenvalue weighted by Crippen LogP contribution is -2.29. The van der Waals surface area contributed by atoms with E-state index in [1.54, 1.807) is 4.68 Å². The highest BCUT2D eigenvalue weighted by molar-refractivity contribution is 6.76. The third-order valence-corrected chi connectivity index (χ3v) is 8.62. The van der Waals surface area contributed by atoms with E-state index >= 15 is 0 Å². The molecule has 0 N–H and O–H groups in total. The molecule has 2 heterocycles. The van der Waals surface area contributed by atoms with Gasteiger partial charge in [0.05, 0.1) is 19.1 Å². The smallest absolute Gasteiger partial charge is 0.317 e. The molecule has 9 nitrogen and oxygen atoms in total. The molecule has 2 aromatic heterocycles. The molecule has 1 fully saturated rings. The largest absolute Gasteiger partial charge is 0.474 e. The van der Waals surface area contributed by atoms with E-state index in [1.165, 1.54) is 0 Å². The van der Waals surface area contributed by atoms with Crippen LogP contribution in [0.5, 0.6) is 11.9 Å². The number of carbonyl (C=O) groups excluding carboxylic acids is 1. The lowest BCUT2D eigenvalue weighted by atomic mass is 9.87. The maximum absolute atomic E-state index is 12.0. The van der Waals surface area contributed by atoms with Crippen LogP contribution in [0.3, 0.4) is 0 Å². The first kappa shape index (κ1) is 29.7. The van der Waals surface area contributed by atoms with Crippen LogP contribution in [0.1, 0.15) is 39.5 Å². The van der Waals surface area contributed by atoms with Gasteiger partial charge in [-0.2, -0.15) is 9.67 Å². The average Bonchev–Trinajstić information content (AvgIpc) is 3.34. The minimum atomic E-state index is -1.15. The maximum Gasteiger partial charge on any atom is 0.317 e. The first-order valence-corrected chi connectivity index (χ1v) is 18.0. The Morgan fingerprint density at radius 3 is 2.27 bits per heavy atom. The predicted molar refractivity (Wildman–Crippen MR) is 157 cm³/mol. The minimum Gasteiger partial charge on any atom is -0.474 e. The van der Waals surface area contributed by atoms with E-state index < -0.39 is 8.07 Å². The van der Waals surface area contributed by atoms with Gasteiger partial charge in [0.25, 0.3) is 0 Å². The highest BCUT2D eigenvalue weighted by Gasteiger charge is 2.28. The average molecular weight is 567 g/mol. The first-order chi connectivity index (χ1) is 19.3. The van der Waals surface area contributed by atoms with Gasteiger partial charge < -0.3 is 18.9 Å². The Balaban J connectivity index is 1.34. The number of aromatic nitrogens is 4. The lowest BCUT2D eigenvalue weighted by molar-refractivity contribution is -0.149. The number of carbonyl (C=O) groups is 1. The monoisotopic (exact) mass is 566 g/mol. The molecule has 0 aliphatic heterocycles. The van der Waals surface area contributed by atoms with E-state index in [2.05, 4.69) is 34.7 Å². The van der Waals surface area contributed by atoms with Crippen molar-refractivity contribution in [3.8, 4) is 34.4 Å². The summed E-state index contributed by atoms with van der Waals surface area (Å²) in [6, 6.07) is 13.6. The highest BCUT2D eigenvalue weighted by atomic mass is 28.3. The van der Waals surface area contributed by atoms with Gasteiger partial charge in [-0.3, -0.25) is 4.79 Å². The van der Waals surface area contributed by atoms with Crippen LogP contribution in [0.2, 0.25) is 25.7 Å². The van der Waals surface area contributed by atoms with Crippen molar-refractivity contribution >= 4 is 14.0 Å². The summed E-state index contributed by atoms with van der Waals surface area (Å²) in [6.07, 6.45) is 5.13. The van der Waals surface area contributed by atoms with Crippen molar-refractivity contribution < 1.29 is 23.7 Å². The van der Waals surface area contributed by atoms with E-state index in [-0.39, 0.29) is 18.0 Å². The van der Waals surface area contributed by atoms with Crippen LogP contribution in [0, 0.1) is 5.92 Å². The molecule has 40 heavy (non-hydrogen) atoms. The number of ether oxygens (including phenoxy) is 4. The summed E-state index contributed by atoms with van der Waals surface area (Å²) >= 11 is 0. The maximum atomic E-state index is 12.0. The minimum absolute atomic E-state index is 0.0130. The molecular formula is C30H42N4O5Si. The van der Waals surface area contributed by atoms with Crippen LogP contribution in [0.4, 0.5) is 0 Å². The molecule has 0 unspecified atom stereocenters. The van der Waals surface area contributed by atoms with E-state index in [0.29, 0.717) is 44.3 Å². The number of hydrogen-bond donors (Lipinski definition) is 0. The molecule has 4 rings (SSSR count). The Morgan fingerprint density at radius 2 is 1.65 bits per heavy atom. The zero-order valence-corrected chi connectivity index (χ0v) is 25.4. The van der Waals surface area contributed by atoms with Crippen molar-refractivity contribution in [2.45, 2.75) is 78.1 Å². The van der Waals surface area contributed by atoms with Crippen molar-refractivity contribution in [3.05, 3.63) is 42.6 Å². The van der Waals surface area contributed by atoms with Crippen molar-refractivity contribution in [2.24, 2.45) is 5.92 Å². The molecule has 216 valence electrons. The van der Waals surface area contributed by atoms with E-state index in [1.807, 2.05) is 56.4 Å². The molecule has 0 amide bonds. The molecular weight excluding hydrogens is 524 g/mol. The summed E-state index contributed by atoms with van der Waals surface area (Å²) in [6.45, 7) is 12.7. The van der Waals surface area contributed by atoms with Gasteiger partial charge in [0.2, 0.25) is 5.88 Å². The summed E-state index contributed by atoms with van der Waals surface area (Å²) in [7, 11) is -1.15. The highest BCUT2D eigenvalue weighted by Crippen LogP contribution is 2.29. The van der Waals surface area contributed by atoms with E-state index in [9.17, 15) is 4.79 Å². The fraction of sp³-hybridized carbons (Fsp3) is 0.533. The fourth-order valence-electron chi connectivity index (χ4n) is 4.58. The number of benzene rings is 1. The van der Waals surface area contributed by atoms with Crippen LogP contribution in [0.15, 0.2) is 42.6 Å². The van der Waals surface area contributed by atoms with Gasteiger partial charge in [0.1, 0.15) is 12.8 Å². The number of hydrogen-bond acceptors (Lipinski definition) is 8. The first-order valence-electron chi connectivity index (χ1n) is 14.3. The van der Waals surface area contributed by atoms with Crippen LogP contribution in [0.25, 0.3) is 22.5 Å². The van der Waals surface area contributed by atoms with Crippen molar-refractivity contribution in [1.82, 2.24) is 19.7 Å². The Bertz CT molecular complexity index is 1220. The van der Waals surface area contributed by atoms with Gasteiger partial charge in [0, 0.05) is 38.1 Å². The van der Waals surface area contributed by atoms with E-state index in [0.717, 1.165) is 48.4 Å². The lowest BCUT2D eigenvalue weighted by Gasteiger charge is -2.27. The molecule has 0 radical (unpaired) electrons. The molecule has 1 aliphatic rings. The Labute approximate surface area is 238 Å². The fourth-order valence-corrected chi connectivity index (χ4v) is 5.34. The predicted octanol–water partition coefficient (Wildman–Crippen LogP) is 6.22. The quantitative estimate of drug-likeness (QED) is 0.137. The molecule has 0 bridgehead atoms. The Kier molecular flexibility index (Phi) is 10.3. The van der Waals surface area contributed by atoms with Gasteiger partial charge >= 0.3 is 12.0 Å². The van der Waals surface area contributed by atoms with E-state index in [4.69, 9.17) is 18.9 Å². The third kappa shape index (κ3) is 8.38. The van der Waals surface area contributed by atoms with Crippen LogP contribution >= 0.6 is 0 Å². The zero-order valence-electron chi connectivity index (χ0n) is 24.4. The summed E-state index contributed by atoms with van der Waals surface area (Å²) in [5, 5.41) is 4.64. The van der Waals surface area contributed by atoms with Crippen molar-refractivity contribution in [1.29, 1.82) is 0 Å². The van der Waals surface area contributed by atoms with Gasteiger partial charge in [-0.1, -0.05) is 43.9 Å². The molecule has 1 aromatic carbocycles. The van der Waals surface area contributed by atoms with Gasteiger partial charge in [-0.25, -0.2) is 4.98 Å². The number of pyridine rings is 1. The molecule has 1 saturated carbocycles. The summed E-state index contributed by atoms with van der Waals surface area (Å²) in [5.41, 5.74) is 2.93. The summed E-state index contributed by atoms with van der Waals surface area (Å²) in [4.78, 5) is 21.1. The number of esters is 1. The molecule has 10 heteroatoms. The van der Waals surface area contributed by atoms with Crippen molar-refractivity contribution in [2.75, 3.05) is 19.8 Å². The second-order valence-corrected chi connectivity index (χ2v) is 16.9. The SMILES string of the molecule is CCOC(=O)C1CCC(Oc2ccc(-c3ccc(-c4nc(OCC)n(COCC[Si](C)(C)C)n4)cc3)cn2)CC1. The molecule has 0 spiro atoms.